The number of nitrogens with zero attached hydrogens (tertiary/aromatic N) is 1. The van der Waals surface area contributed by atoms with Crippen molar-refractivity contribution in [2.24, 2.45) is 22.9 Å². The molecule has 3 aliphatic rings. The Morgan fingerprint density at radius 1 is 0.688 bits per heavy atom. The second kappa shape index (κ2) is 30.4. The zero-order valence-corrected chi connectivity index (χ0v) is 46.3. The predicted octanol–water partition coefficient (Wildman–Crippen LogP) is -0.116. The summed E-state index contributed by atoms with van der Waals surface area (Å²) in [4.78, 5) is 153. The first-order valence-electron chi connectivity index (χ1n) is 27.1. The van der Waals surface area contributed by atoms with Crippen LogP contribution in [0.15, 0.2) is 72.8 Å². The largest absolute Gasteiger partial charge is 0.370 e. The van der Waals surface area contributed by atoms with Crippen LogP contribution in [0.3, 0.4) is 0 Å². The molecule has 0 bridgehead atoms. The second-order valence-electron chi connectivity index (χ2n) is 20.6. The van der Waals surface area contributed by atoms with Crippen LogP contribution in [0.25, 0.3) is 10.8 Å². The number of likely N-dealkylation sites (tertiary alicyclic amines) is 1. The van der Waals surface area contributed by atoms with E-state index in [1.165, 1.54) is 26.5 Å². The van der Waals surface area contributed by atoms with Crippen molar-refractivity contribution >= 4 is 97.3 Å². The Labute approximate surface area is 472 Å². The van der Waals surface area contributed by atoms with Crippen LogP contribution in [0.5, 0.6) is 0 Å². The molecule has 1 spiro atoms. The fourth-order valence-electron chi connectivity index (χ4n) is 10.3. The molecule has 3 fully saturated rings. The van der Waals surface area contributed by atoms with Gasteiger partial charge in [-0.15, -0.1) is 0 Å². The molecule has 15 N–H and O–H groups in total. The number of benzene rings is 3. The van der Waals surface area contributed by atoms with Crippen molar-refractivity contribution in [2.45, 2.75) is 150 Å². The van der Waals surface area contributed by atoms with Gasteiger partial charge >= 0.3 is 0 Å². The Kier molecular flexibility index (Phi) is 23.5. The number of nitrogens with one attached hydrogen (secondary N) is 7. The zero-order valence-electron chi connectivity index (χ0n) is 44.7. The maximum absolute atomic E-state index is 15.0. The van der Waals surface area contributed by atoms with Gasteiger partial charge in [-0.2, -0.15) is 0 Å². The second-order valence-corrected chi connectivity index (χ2v) is 23.4. The van der Waals surface area contributed by atoms with Crippen molar-refractivity contribution in [3.05, 3.63) is 83.9 Å². The molecule has 0 unspecified atom stereocenters. The normalized spacial score (nSPS) is 22.8. The highest BCUT2D eigenvalue weighted by molar-refractivity contribution is 8.77. The van der Waals surface area contributed by atoms with Gasteiger partial charge in [-0.3, -0.25) is 52.7 Å². The highest BCUT2D eigenvalue weighted by atomic mass is 33.1. The molecule has 0 radical (unpaired) electrons. The molecule has 80 heavy (non-hydrogen) atoms. The van der Waals surface area contributed by atoms with Gasteiger partial charge in [0.1, 0.15) is 42.3 Å². The minimum Gasteiger partial charge on any atom is -0.370 e. The van der Waals surface area contributed by atoms with E-state index in [4.69, 9.17) is 22.9 Å². The van der Waals surface area contributed by atoms with Gasteiger partial charge in [0.15, 0.2) is 0 Å². The standard InChI is InChI=1S/C55H74N12O11S2/c56-25-10-7-19-37(48(72)60-31-46(59)70)63-53(77)43-20-12-26-67(43)54(78)42-32-79-80-55(23-8-2-9-24-55)30-47(71)61-40(28-35-17-11-16-34-15-5-6-18-36(34)35)51(75)64-39(27-33-13-3-1-4-14-33)50(74)62-38(21-22-44(57)68)49(73)65-41(29-45(58)69)52(76)66-42/h1,3-6,11,13-18,37-43H,2,7-10,12,19-32,56H2,(H2,57,68)(H2,58,69)(H2,59,70)(H,60,72)(H,61,71)(H,62,74)(H,63,77)(H,64,75)(H,65,73)(H,66,76)/t37-,38-,39-,40+,41-,42-,43-/m0/s1. The Balaban J connectivity index is 1.38. The van der Waals surface area contributed by atoms with E-state index in [1.807, 2.05) is 42.5 Å². The Morgan fingerprint density at radius 2 is 1.34 bits per heavy atom. The van der Waals surface area contributed by atoms with Gasteiger partial charge in [-0.25, -0.2) is 0 Å². The molecule has 3 aromatic rings. The van der Waals surface area contributed by atoms with Crippen LogP contribution in [0, 0.1) is 0 Å². The van der Waals surface area contributed by atoms with Crippen LogP contribution < -0.4 is 60.2 Å². The fourth-order valence-corrected chi connectivity index (χ4v) is 13.6. The lowest BCUT2D eigenvalue weighted by atomic mass is 9.85. The van der Waals surface area contributed by atoms with Gasteiger partial charge in [0.25, 0.3) is 0 Å². The number of hydrogen-bond acceptors (Lipinski definition) is 14. The monoisotopic (exact) mass is 1140 g/mol. The van der Waals surface area contributed by atoms with Gasteiger partial charge in [-0.05, 0) is 79.8 Å². The summed E-state index contributed by atoms with van der Waals surface area (Å²) in [7, 11) is 2.57. The van der Waals surface area contributed by atoms with E-state index in [1.54, 1.807) is 30.3 Å². The first-order chi connectivity index (χ1) is 38.3. The number of unbranched alkanes of at least 4 members (excludes halogenated alkanes) is 1. The lowest BCUT2D eigenvalue weighted by Crippen LogP contribution is -2.61. The van der Waals surface area contributed by atoms with Crippen LogP contribution in [0.2, 0.25) is 0 Å². The van der Waals surface area contributed by atoms with E-state index in [0.29, 0.717) is 44.2 Å². The van der Waals surface area contributed by atoms with Crippen LogP contribution in [0.1, 0.15) is 101 Å². The van der Waals surface area contributed by atoms with Gasteiger partial charge in [0, 0.05) is 42.7 Å². The SMILES string of the molecule is NCCCC[C@H](NC(=O)[C@@H]1CCCN1C(=O)[C@@H]1CSSC2(CCCCC2)CC(=O)N[C@H](Cc2cccc3ccccc23)C(=O)N[C@@H](Cc2ccccc2)C(=O)N[C@@H](CCC(N)=O)C(=O)N[C@@H](CC(N)=O)C(=O)N1)C(=O)NCC(N)=O. The molecule has 1 aliphatic carbocycles. The van der Waals surface area contributed by atoms with Crippen molar-refractivity contribution in [2.75, 3.05) is 25.4 Å². The number of fused-ring (bicyclic) bond motifs is 1. The van der Waals surface area contributed by atoms with Crippen molar-refractivity contribution in [3.63, 3.8) is 0 Å². The van der Waals surface area contributed by atoms with Crippen molar-refractivity contribution in [3.8, 4) is 0 Å². The summed E-state index contributed by atoms with van der Waals surface area (Å²) in [5, 5.41) is 20.6. The molecule has 0 aromatic heterocycles. The lowest BCUT2D eigenvalue weighted by Gasteiger charge is -2.37. The van der Waals surface area contributed by atoms with Crippen molar-refractivity contribution < 1.29 is 52.7 Å². The third kappa shape index (κ3) is 18.4. The number of carbonyl (C=O) groups excluding carboxylic acids is 11. The topological polar surface area (TPSA) is 379 Å². The summed E-state index contributed by atoms with van der Waals surface area (Å²) in [6.07, 6.45) is 3.58. The molecule has 2 heterocycles. The van der Waals surface area contributed by atoms with Crippen molar-refractivity contribution in [1.82, 2.24) is 42.1 Å². The predicted molar refractivity (Wildman–Crippen MR) is 302 cm³/mol. The molecular weight excluding hydrogens is 1070 g/mol. The number of amides is 11. The number of carbonyl (C=O) groups is 11. The number of rotatable bonds is 19. The molecule has 2 saturated heterocycles. The summed E-state index contributed by atoms with van der Waals surface area (Å²) < 4.78 is -0.728. The van der Waals surface area contributed by atoms with E-state index in [-0.39, 0.29) is 50.8 Å². The highest BCUT2D eigenvalue weighted by Crippen LogP contribution is 2.48. The van der Waals surface area contributed by atoms with E-state index < -0.39 is 131 Å². The lowest BCUT2D eigenvalue weighted by molar-refractivity contribution is -0.142. The highest BCUT2D eigenvalue weighted by Gasteiger charge is 2.42. The molecule has 11 amide bonds. The Morgan fingerprint density at radius 3 is 2.04 bits per heavy atom. The number of nitrogens with two attached hydrogens (primary N) is 4. The molecular formula is C55H74N12O11S2. The Hall–Kier alpha value is -7.25. The van der Waals surface area contributed by atoms with E-state index in [2.05, 4.69) is 37.2 Å². The summed E-state index contributed by atoms with van der Waals surface area (Å²) in [5.41, 5.74) is 23.5. The molecule has 7 atom stereocenters. The average molecular weight is 1140 g/mol. The zero-order chi connectivity index (χ0) is 57.8. The number of hydrogen-bond donors (Lipinski definition) is 11. The van der Waals surface area contributed by atoms with Crippen LogP contribution >= 0.6 is 21.6 Å². The third-order valence-electron chi connectivity index (χ3n) is 14.4. The maximum atomic E-state index is 15.0. The molecule has 25 heteroatoms. The van der Waals surface area contributed by atoms with Gasteiger partial charge < -0.3 is 65.1 Å². The van der Waals surface area contributed by atoms with Gasteiger partial charge in [-0.1, -0.05) is 114 Å². The first-order valence-corrected chi connectivity index (χ1v) is 29.4. The third-order valence-corrected chi connectivity index (χ3v) is 17.7. The van der Waals surface area contributed by atoms with Crippen LogP contribution in [-0.2, 0) is 65.6 Å². The minimum atomic E-state index is -1.75. The Bertz CT molecular complexity index is 2730. The van der Waals surface area contributed by atoms with Gasteiger partial charge in [0.05, 0.1) is 13.0 Å². The van der Waals surface area contributed by atoms with Gasteiger partial charge in [0.2, 0.25) is 65.0 Å². The van der Waals surface area contributed by atoms with Crippen molar-refractivity contribution in [1.29, 1.82) is 0 Å². The molecule has 6 rings (SSSR count). The van der Waals surface area contributed by atoms with Crippen LogP contribution in [-0.4, -0.2) is 142 Å². The summed E-state index contributed by atoms with van der Waals surface area (Å²) in [6, 6.07) is 12.4. The fraction of sp³-hybridized carbons (Fsp3) is 0.509. The molecule has 3 aromatic carbocycles. The molecule has 432 valence electrons. The summed E-state index contributed by atoms with van der Waals surface area (Å²) in [5.74, 6) is -8.93. The molecule has 1 saturated carbocycles. The van der Waals surface area contributed by atoms with E-state index >= 15 is 0 Å². The number of primary amides is 3. The molecule has 2 aliphatic heterocycles. The summed E-state index contributed by atoms with van der Waals surface area (Å²) >= 11 is 0. The quantitative estimate of drug-likeness (QED) is 0.0551. The first kappa shape index (κ1) is 62.0. The van der Waals surface area contributed by atoms with E-state index in [0.717, 1.165) is 35.6 Å². The minimum absolute atomic E-state index is 0.0226. The maximum Gasteiger partial charge on any atom is 0.246 e. The van der Waals surface area contributed by atoms with Crippen LogP contribution in [0.4, 0.5) is 0 Å². The van der Waals surface area contributed by atoms with E-state index in [9.17, 15) is 52.7 Å². The average Bonchev–Trinajstić information content (AvgIpc) is 3.93. The molecule has 23 nitrogen and oxygen atoms in total. The summed E-state index contributed by atoms with van der Waals surface area (Å²) in [6.45, 7) is -0.0831. The smallest absolute Gasteiger partial charge is 0.246 e.